The van der Waals surface area contributed by atoms with E-state index in [1.165, 1.54) is 0 Å². The van der Waals surface area contributed by atoms with Crippen molar-refractivity contribution in [3.05, 3.63) is 64.9 Å². The summed E-state index contributed by atoms with van der Waals surface area (Å²) in [6.07, 6.45) is 0. The second kappa shape index (κ2) is 9.01. The predicted octanol–water partition coefficient (Wildman–Crippen LogP) is 3.28. The van der Waals surface area contributed by atoms with Gasteiger partial charge in [-0.05, 0) is 30.7 Å². The summed E-state index contributed by atoms with van der Waals surface area (Å²) < 4.78 is 10.5. The number of carbonyl (C=O) groups excluding carboxylic acids is 1. The Morgan fingerprint density at radius 2 is 1.86 bits per heavy atom. The van der Waals surface area contributed by atoms with Crippen LogP contribution in [-0.2, 0) is 16.1 Å². The maximum Gasteiger partial charge on any atom is 0.344 e. The van der Waals surface area contributed by atoms with Crippen molar-refractivity contribution in [1.29, 1.82) is 0 Å². The van der Waals surface area contributed by atoms with Gasteiger partial charge in [-0.15, -0.1) is 0 Å². The number of aryl methyl sites for hydroxylation is 1. The summed E-state index contributed by atoms with van der Waals surface area (Å²) in [6, 6.07) is 14.5. The lowest BCUT2D eigenvalue weighted by Gasteiger charge is -2.10. The van der Waals surface area contributed by atoms with E-state index in [-0.39, 0.29) is 30.9 Å². The molecule has 1 heterocycles. The molecular weight excluding hydrogens is 382 g/mol. The molecule has 2 aromatic carbocycles. The summed E-state index contributed by atoms with van der Waals surface area (Å²) in [6.45, 7) is 1.49. The number of aromatic nitrogens is 3. The average Bonchev–Trinajstić information content (AvgIpc) is 2.67. The van der Waals surface area contributed by atoms with Gasteiger partial charge in [0.05, 0.1) is 5.02 Å². The zero-order valence-electron chi connectivity index (χ0n) is 15.1. The highest BCUT2D eigenvalue weighted by molar-refractivity contribution is 6.32. The monoisotopic (exact) mass is 399 g/mol. The number of nitrogens with one attached hydrogen (secondary N) is 1. The van der Waals surface area contributed by atoms with E-state index in [0.717, 1.165) is 11.3 Å². The van der Waals surface area contributed by atoms with Gasteiger partial charge in [-0.1, -0.05) is 41.9 Å². The van der Waals surface area contributed by atoms with Crippen LogP contribution in [0, 0.1) is 6.92 Å². The highest BCUT2D eigenvalue weighted by atomic mass is 35.5. The van der Waals surface area contributed by atoms with Gasteiger partial charge in [0.15, 0.2) is 19.0 Å². The number of esters is 1. The molecule has 3 rings (SSSR count). The fraction of sp³-hybridized carbons (Fsp3) is 0.158. The van der Waals surface area contributed by atoms with Crippen LogP contribution in [0.1, 0.15) is 11.4 Å². The molecule has 0 amide bonds. The summed E-state index contributed by atoms with van der Waals surface area (Å²) in [5, 5.41) is 3.48. The van der Waals surface area contributed by atoms with Crippen LogP contribution in [0.5, 0.6) is 5.75 Å². The summed E-state index contributed by atoms with van der Waals surface area (Å²) >= 11 is 5.97. The number of rotatable bonds is 7. The quantitative estimate of drug-likeness (QED) is 0.582. The van der Waals surface area contributed by atoms with E-state index in [1.54, 1.807) is 24.3 Å². The van der Waals surface area contributed by atoms with Gasteiger partial charge < -0.3 is 20.5 Å². The number of halogens is 1. The van der Waals surface area contributed by atoms with Crippen LogP contribution >= 0.6 is 11.6 Å². The minimum Gasteiger partial charge on any atom is -0.480 e. The Hall–Kier alpha value is -3.39. The fourth-order valence-electron chi connectivity index (χ4n) is 2.28. The van der Waals surface area contributed by atoms with Gasteiger partial charge in [-0.2, -0.15) is 15.0 Å². The van der Waals surface area contributed by atoms with Crippen LogP contribution in [0.15, 0.2) is 48.5 Å². The van der Waals surface area contributed by atoms with Gasteiger partial charge in [-0.25, -0.2) is 4.79 Å². The number of nitrogen functional groups attached to an aromatic ring is 1. The SMILES string of the molecule is Cc1ccccc1Nc1nc(N)nc(COC(=O)COc2ccccc2Cl)n1. The van der Waals surface area contributed by atoms with Crippen LogP contribution < -0.4 is 15.8 Å². The number of hydrogen-bond acceptors (Lipinski definition) is 8. The first kappa shape index (κ1) is 19.4. The summed E-state index contributed by atoms with van der Waals surface area (Å²) in [4.78, 5) is 24.1. The number of benzene rings is 2. The van der Waals surface area contributed by atoms with Crippen LogP contribution in [-0.4, -0.2) is 27.5 Å². The van der Waals surface area contributed by atoms with Crippen LogP contribution in [0.2, 0.25) is 5.02 Å². The number of carbonyl (C=O) groups is 1. The number of nitrogens with two attached hydrogens (primary N) is 1. The molecule has 0 bridgehead atoms. The van der Waals surface area contributed by atoms with Crippen molar-refractivity contribution in [2.24, 2.45) is 0 Å². The molecular formula is C19H18ClN5O3. The van der Waals surface area contributed by atoms with E-state index >= 15 is 0 Å². The number of nitrogens with zero attached hydrogens (tertiary/aromatic N) is 3. The number of ether oxygens (including phenoxy) is 2. The number of anilines is 3. The zero-order valence-corrected chi connectivity index (χ0v) is 15.8. The molecule has 3 N–H and O–H groups in total. The minimum atomic E-state index is -0.590. The number of para-hydroxylation sites is 2. The van der Waals surface area contributed by atoms with Crippen LogP contribution in [0.25, 0.3) is 0 Å². The first-order valence-corrected chi connectivity index (χ1v) is 8.75. The average molecular weight is 400 g/mol. The molecule has 3 aromatic rings. The Balaban J connectivity index is 1.58. The normalized spacial score (nSPS) is 10.4. The van der Waals surface area contributed by atoms with Gasteiger partial charge in [0.2, 0.25) is 11.9 Å². The number of hydrogen-bond donors (Lipinski definition) is 2. The molecule has 0 aliphatic rings. The maximum absolute atomic E-state index is 11.9. The predicted molar refractivity (Wildman–Crippen MR) is 105 cm³/mol. The van der Waals surface area contributed by atoms with Crippen molar-refractivity contribution >= 4 is 35.2 Å². The minimum absolute atomic E-state index is 0.0180. The first-order chi connectivity index (χ1) is 13.5. The van der Waals surface area contributed by atoms with Gasteiger partial charge >= 0.3 is 5.97 Å². The lowest BCUT2D eigenvalue weighted by molar-refractivity contribution is -0.147. The largest absolute Gasteiger partial charge is 0.480 e. The first-order valence-electron chi connectivity index (χ1n) is 8.37. The Labute approximate surface area is 166 Å². The van der Waals surface area contributed by atoms with E-state index in [9.17, 15) is 4.79 Å². The van der Waals surface area contributed by atoms with Gasteiger partial charge in [-0.3, -0.25) is 0 Å². The van der Waals surface area contributed by atoms with Gasteiger partial charge in [0.25, 0.3) is 0 Å². The second-order valence-corrected chi connectivity index (χ2v) is 6.16. The molecule has 144 valence electrons. The zero-order chi connectivity index (χ0) is 19.9. The molecule has 0 spiro atoms. The molecule has 0 aliphatic carbocycles. The third-order valence-electron chi connectivity index (χ3n) is 3.63. The summed E-state index contributed by atoms with van der Waals surface area (Å²) in [5.41, 5.74) is 7.58. The molecule has 8 nitrogen and oxygen atoms in total. The molecule has 0 saturated carbocycles. The van der Waals surface area contributed by atoms with E-state index < -0.39 is 5.97 Å². The maximum atomic E-state index is 11.9. The molecule has 0 aliphatic heterocycles. The third-order valence-corrected chi connectivity index (χ3v) is 3.95. The van der Waals surface area contributed by atoms with Crippen molar-refractivity contribution in [2.45, 2.75) is 13.5 Å². The molecule has 0 saturated heterocycles. The lowest BCUT2D eigenvalue weighted by atomic mass is 10.2. The van der Waals surface area contributed by atoms with Crippen molar-refractivity contribution in [2.75, 3.05) is 17.7 Å². The molecule has 0 unspecified atom stereocenters. The fourth-order valence-corrected chi connectivity index (χ4v) is 2.47. The van der Waals surface area contributed by atoms with Gasteiger partial charge in [0.1, 0.15) is 5.75 Å². The highest BCUT2D eigenvalue weighted by Crippen LogP contribution is 2.23. The molecule has 9 heteroatoms. The van der Waals surface area contributed by atoms with Gasteiger partial charge in [0, 0.05) is 5.69 Å². The highest BCUT2D eigenvalue weighted by Gasteiger charge is 2.11. The van der Waals surface area contributed by atoms with Crippen LogP contribution in [0.3, 0.4) is 0 Å². The Morgan fingerprint density at radius 1 is 1.11 bits per heavy atom. The third kappa shape index (κ3) is 5.31. The van der Waals surface area contributed by atoms with E-state index in [1.807, 2.05) is 31.2 Å². The second-order valence-electron chi connectivity index (χ2n) is 5.75. The Bertz CT molecular complexity index is 983. The Kier molecular flexibility index (Phi) is 6.23. The molecule has 0 atom stereocenters. The Morgan fingerprint density at radius 3 is 2.64 bits per heavy atom. The standard InChI is InChI=1S/C19H18ClN5O3/c1-12-6-2-4-8-14(12)22-19-24-16(23-18(21)25-19)10-28-17(26)11-27-15-9-5-3-7-13(15)20/h2-9H,10-11H2,1H3,(H3,21,22,23,24,25). The van der Waals surface area contributed by atoms with E-state index in [4.69, 9.17) is 26.8 Å². The van der Waals surface area contributed by atoms with Crippen molar-refractivity contribution in [1.82, 2.24) is 15.0 Å². The van der Waals surface area contributed by atoms with Crippen molar-refractivity contribution in [3.8, 4) is 5.75 Å². The lowest BCUT2D eigenvalue weighted by Crippen LogP contribution is -2.16. The van der Waals surface area contributed by atoms with E-state index in [2.05, 4.69) is 20.3 Å². The molecule has 1 aromatic heterocycles. The van der Waals surface area contributed by atoms with Crippen molar-refractivity contribution < 1.29 is 14.3 Å². The molecule has 0 radical (unpaired) electrons. The molecule has 28 heavy (non-hydrogen) atoms. The molecule has 0 fully saturated rings. The van der Waals surface area contributed by atoms with E-state index in [0.29, 0.717) is 10.8 Å². The summed E-state index contributed by atoms with van der Waals surface area (Å²) in [7, 11) is 0. The van der Waals surface area contributed by atoms with Crippen molar-refractivity contribution in [3.63, 3.8) is 0 Å². The topological polar surface area (TPSA) is 112 Å². The smallest absolute Gasteiger partial charge is 0.344 e. The summed E-state index contributed by atoms with van der Waals surface area (Å²) in [5.74, 6) is 0.307. The van der Waals surface area contributed by atoms with Crippen LogP contribution in [0.4, 0.5) is 17.6 Å².